The molecule has 6 heteroatoms. The second-order valence-corrected chi connectivity index (χ2v) is 7.85. The summed E-state index contributed by atoms with van der Waals surface area (Å²) in [4.78, 5) is 25.6. The third-order valence-corrected chi connectivity index (χ3v) is 6.10. The number of piperidine rings is 2. The Labute approximate surface area is 149 Å². The lowest BCUT2D eigenvalue weighted by atomic mass is 9.72. The van der Waals surface area contributed by atoms with Gasteiger partial charge in [-0.05, 0) is 56.7 Å². The Balaban J connectivity index is 1.32. The molecule has 1 spiro atoms. The van der Waals surface area contributed by atoms with E-state index in [0.29, 0.717) is 17.7 Å². The van der Waals surface area contributed by atoms with Gasteiger partial charge in [0.25, 0.3) is 0 Å². The maximum Gasteiger partial charge on any atom is 0.222 e. The summed E-state index contributed by atoms with van der Waals surface area (Å²) in [5, 5.41) is 0. The van der Waals surface area contributed by atoms with E-state index in [4.69, 9.17) is 4.74 Å². The largest absolute Gasteiger partial charge is 0.376 e. The minimum absolute atomic E-state index is 0.259. The van der Waals surface area contributed by atoms with Gasteiger partial charge in [-0.2, -0.15) is 0 Å². The number of nitrogens with zero attached hydrogens (tertiary/aromatic N) is 4. The van der Waals surface area contributed by atoms with Gasteiger partial charge in [0.2, 0.25) is 5.91 Å². The van der Waals surface area contributed by atoms with Gasteiger partial charge < -0.3 is 9.64 Å². The Kier molecular flexibility index (Phi) is 4.99. The summed E-state index contributed by atoms with van der Waals surface area (Å²) in [7, 11) is 0. The molecule has 0 unspecified atom stereocenters. The fourth-order valence-electron chi connectivity index (χ4n) is 4.51. The SMILES string of the molecule is O=C1CCC2(CCN(Cc3ncccn3)CC2)CN1C[C@H]1CCCO1. The minimum atomic E-state index is 0.259. The van der Waals surface area contributed by atoms with Crippen LogP contribution in [0.3, 0.4) is 0 Å². The van der Waals surface area contributed by atoms with Gasteiger partial charge in [0.05, 0.1) is 12.6 Å². The summed E-state index contributed by atoms with van der Waals surface area (Å²) >= 11 is 0. The molecule has 6 nitrogen and oxygen atoms in total. The van der Waals surface area contributed by atoms with E-state index in [1.54, 1.807) is 0 Å². The highest BCUT2D eigenvalue weighted by atomic mass is 16.5. The second kappa shape index (κ2) is 7.38. The summed E-state index contributed by atoms with van der Waals surface area (Å²) in [5.74, 6) is 1.22. The quantitative estimate of drug-likeness (QED) is 0.834. The van der Waals surface area contributed by atoms with E-state index in [1.165, 1.54) is 0 Å². The van der Waals surface area contributed by atoms with Gasteiger partial charge in [-0.3, -0.25) is 9.69 Å². The van der Waals surface area contributed by atoms with Crippen molar-refractivity contribution in [2.45, 2.75) is 51.2 Å². The molecule has 1 aromatic heterocycles. The summed E-state index contributed by atoms with van der Waals surface area (Å²) in [6, 6.07) is 1.86. The lowest BCUT2D eigenvalue weighted by Crippen LogP contribution is -2.52. The Hall–Kier alpha value is -1.53. The Morgan fingerprint density at radius 3 is 2.72 bits per heavy atom. The number of amides is 1. The van der Waals surface area contributed by atoms with E-state index >= 15 is 0 Å². The smallest absolute Gasteiger partial charge is 0.222 e. The van der Waals surface area contributed by atoms with Gasteiger partial charge in [-0.15, -0.1) is 0 Å². The van der Waals surface area contributed by atoms with Crippen molar-refractivity contribution in [2.24, 2.45) is 5.41 Å². The van der Waals surface area contributed by atoms with Crippen molar-refractivity contribution in [2.75, 3.05) is 32.8 Å². The van der Waals surface area contributed by atoms with Gasteiger partial charge in [0.1, 0.15) is 5.82 Å². The number of hydrogen-bond acceptors (Lipinski definition) is 5. The molecule has 3 aliphatic rings. The molecule has 0 radical (unpaired) electrons. The van der Waals surface area contributed by atoms with Crippen molar-refractivity contribution < 1.29 is 9.53 Å². The highest BCUT2D eigenvalue weighted by Gasteiger charge is 2.41. The Morgan fingerprint density at radius 1 is 1.20 bits per heavy atom. The first-order chi connectivity index (χ1) is 12.2. The van der Waals surface area contributed by atoms with Crippen LogP contribution in [0.15, 0.2) is 18.5 Å². The molecular formula is C19H28N4O2. The average Bonchev–Trinajstić information content (AvgIpc) is 3.15. The maximum absolute atomic E-state index is 12.4. The molecule has 3 saturated heterocycles. The number of ether oxygens (including phenoxy) is 1. The van der Waals surface area contributed by atoms with E-state index in [9.17, 15) is 4.79 Å². The average molecular weight is 344 g/mol. The van der Waals surface area contributed by atoms with Crippen molar-refractivity contribution in [3.8, 4) is 0 Å². The molecule has 3 fully saturated rings. The van der Waals surface area contributed by atoms with Crippen LogP contribution in [0.25, 0.3) is 0 Å². The van der Waals surface area contributed by atoms with Crippen LogP contribution >= 0.6 is 0 Å². The Bertz CT molecular complexity index is 580. The molecular weight excluding hydrogens is 316 g/mol. The molecule has 136 valence electrons. The van der Waals surface area contributed by atoms with Crippen LogP contribution in [0.5, 0.6) is 0 Å². The number of aromatic nitrogens is 2. The number of carbonyl (C=O) groups excluding carboxylic acids is 1. The lowest BCUT2D eigenvalue weighted by molar-refractivity contribution is -0.141. The van der Waals surface area contributed by atoms with Crippen LogP contribution in [0, 0.1) is 5.41 Å². The molecule has 25 heavy (non-hydrogen) atoms. The van der Waals surface area contributed by atoms with Crippen molar-refractivity contribution in [3.05, 3.63) is 24.3 Å². The highest BCUT2D eigenvalue weighted by molar-refractivity contribution is 5.77. The van der Waals surface area contributed by atoms with Crippen LogP contribution in [0.1, 0.15) is 44.3 Å². The van der Waals surface area contributed by atoms with Crippen molar-refractivity contribution in [1.82, 2.24) is 19.8 Å². The van der Waals surface area contributed by atoms with Gasteiger partial charge in [-0.1, -0.05) is 0 Å². The van der Waals surface area contributed by atoms with Crippen molar-refractivity contribution in [1.29, 1.82) is 0 Å². The molecule has 0 aromatic carbocycles. The first kappa shape index (κ1) is 16.9. The third kappa shape index (κ3) is 4.01. The molecule has 1 atom stereocenters. The van der Waals surface area contributed by atoms with E-state index in [-0.39, 0.29) is 6.10 Å². The summed E-state index contributed by atoms with van der Waals surface area (Å²) in [6.45, 7) is 5.54. The van der Waals surface area contributed by atoms with Crippen LogP contribution in [-0.4, -0.2) is 64.6 Å². The van der Waals surface area contributed by atoms with Gasteiger partial charge in [0, 0.05) is 38.5 Å². The van der Waals surface area contributed by atoms with Crippen LogP contribution in [0.4, 0.5) is 0 Å². The highest BCUT2D eigenvalue weighted by Crippen LogP contribution is 2.40. The predicted octanol–water partition coefficient (Wildman–Crippen LogP) is 1.86. The number of carbonyl (C=O) groups is 1. The van der Waals surface area contributed by atoms with Crippen LogP contribution in [0.2, 0.25) is 0 Å². The summed E-state index contributed by atoms with van der Waals surface area (Å²) in [5.41, 5.74) is 0.306. The van der Waals surface area contributed by atoms with Crippen molar-refractivity contribution >= 4 is 5.91 Å². The molecule has 0 bridgehead atoms. The zero-order chi connectivity index (χ0) is 17.1. The fourth-order valence-corrected chi connectivity index (χ4v) is 4.51. The molecule has 3 aliphatic heterocycles. The van der Waals surface area contributed by atoms with Gasteiger partial charge >= 0.3 is 0 Å². The van der Waals surface area contributed by atoms with Crippen LogP contribution in [-0.2, 0) is 16.1 Å². The zero-order valence-electron chi connectivity index (χ0n) is 14.9. The van der Waals surface area contributed by atoms with E-state index in [2.05, 4.69) is 19.8 Å². The summed E-state index contributed by atoms with van der Waals surface area (Å²) < 4.78 is 5.75. The molecule has 4 rings (SSSR count). The normalized spacial score (nSPS) is 27.1. The Morgan fingerprint density at radius 2 is 2.00 bits per heavy atom. The monoisotopic (exact) mass is 344 g/mol. The predicted molar refractivity (Wildman–Crippen MR) is 93.8 cm³/mol. The number of likely N-dealkylation sites (tertiary alicyclic amines) is 2. The second-order valence-electron chi connectivity index (χ2n) is 7.85. The zero-order valence-corrected chi connectivity index (χ0v) is 14.9. The first-order valence-electron chi connectivity index (χ1n) is 9.60. The molecule has 1 aromatic rings. The third-order valence-electron chi connectivity index (χ3n) is 6.10. The number of hydrogen-bond donors (Lipinski definition) is 0. The first-order valence-corrected chi connectivity index (χ1v) is 9.60. The standard InChI is InChI=1S/C19H28N4O2/c24-18-4-5-19(15-23(18)13-16-3-1-12-25-16)6-10-22(11-7-19)14-17-20-8-2-9-21-17/h2,8-9,16H,1,3-7,10-15H2/t16-/m1/s1. The molecule has 1 amide bonds. The summed E-state index contributed by atoms with van der Waals surface area (Å²) in [6.07, 6.45) is 10.2. The van der Waals surface area contributed by atoms with Crippen LogP contribution < -0.4 is 0 Å². The van der Waals surface area contributed by atoms with E-state index < -0.39 is 0 Å². The molecule has 0 N–H and O–H groups in total. The van der Waals surface area contributed by atoms with Gasteiger partial charge in [-0.25, -0.2) is 9.97 Å². The fraction of sp³-hybridized carbons (Fsp3) is 0.737. The maximum atomic E-state index is 12.4. The molecule has 4 heterocycles. The minimum Gasteiger partial charge on any atom is -0.376 e. The lowest BCUT2D eigenvalue weighted by Gasteiger charge is -2.47. The number of rotatable bonds is 4. The molecule has 0 aliphatic carbocycles. The van der Waals surface area contributed by atoms with E-state index in [1.807, 2.05) is 18.5 Å². The van der Waals surface area contributed by atoms with E-state index in [0.717, 1.165) is 77.3 Å². The topological polar surface area (TPSA) is 58.6 Å². The van der Waals surface area contributed by atoms with Crippen molar-refractivity contribution in [3.63, 3.8) is 0 Å². The van der Waals surface area contributed by atoms with Gasteiger partial charge in [0.15, 0.2) is 0 Å². The molecule has 0 saturated carbocycles.